The zero-order valence-corrected chi connectivity index (χ0v) is 14.0. The van der Waals surface area contributed by atoms with Crippen LogP contribution < -0.4 is 5.32 Å². The second kappa shape index (κ2) is 7.03. The second-order valence-corrected chi connectivity index (χ2v) is 6.93. The molecule has 1 fully saturated rings. The van der Waals surface area contributed by atoms with Crippen molar-refractivity contribution in [3.8, 4) is 0 Å². The summed E-state index contributed by atoms with van der Waals surface area (Å²) in [5.74, 6) is 1.97. The van der Waals surface area contributed by atoms with E-state index >= 15 is 0 Å². The van der Waals surface area contributed by atoms with Crippen molar-refractivity contribution >= 4 is 22.6 Å². The lowest BCUT2D eigenvalue weighted by Gasteiger charge is -2.30. The molecule has 2 aromatic heterocycles. The highest BCUT2D eigenvalue weighted by atomic mass is 32.1. The largest absolute Gasteiger partial charge is 0.339 e. The van der Waals surface area contributed by atoms with Gasteiger partial charge in [-0.3, -0.25) is 5.32 Å². The molecule has 2 amide bonds. The van der Waals surface area contributed by atoms with Crippen LogP contribution >= 0.6 is 11.5 Å². The molecule has 23 heavy (non-hydrogen) atoms. The van der Waals surface area contributed by atoms with Gasteiger partial charge < -0.3 is 9.42 Å². The van der Waals surface area contributed by atoms with E-state index in [1.54, 1.807) is 11.1 Å². The SMILES string of the molecule is CC(C)Cc1noc([C@@H]2CCCN(C(=O)Nc3cnns3)C2)n1. The lowest BCUT2D eigenvalue weighted by atomic mass is 9.98. The molecule has 1 aliphatic rings. The molecule has 8 nitrogen and oxygen atoms in total. The Bertz CT molecular complexity index is 641. The van der Waals surface area contributed by atoms with E-state index in [1.165, 1.54) is 0 Å². The summed E-state index contributed by atoms with van der Waals surface area (Å²) in [5, 5.41) is 11.2. The molecule has 2 aromatic rings. The normalized spacial score (nSPS) is 18.4. The Hall–Kier alpha value is -2.03. The first-order valence-corrected chi connectivity index (χ1v) is 8.55. The van der Waals surface area contributed by atoms with Crippen LogP contribution in [0.15, 0.2) is 10.7 Å². The van der Waals surface area contributed by atoms with E-state index in [0.717, 1.165) is 43.2 Å². The van der Waals surface area contributed by atoms with Crippen LogP contribution in [-0.4, -0.2) is 43.7 Å². The topological polar surface area (TPSA) is 97.0 Å². The van der Waals surface area contributed by atoms with Gasteiger partial charge in [-0.15, -0.1) is 5.10 Å². The number of anilines is 1. The summed E-state index contributed by atoms with van der Waals surface area (Å²) in [6, 6.07) is -0.136. The summed E-state index contributed by atoms with van der Waals surface area (Å²) in [4.78, 5) is 18.6. The zero-order valence-electron chi connectivity index (χ0n) is 13.2. The molecule has 3 rings (SSSR count). The fourth-order valence-electron chi connectivity index (χ4n) is 2.65. The predicted octanol–water partition coefficient (Wildman–Crippen LogP) is 2.53. The van der Waals surface area contributed by atoms with E-state index in [-0.39, 0.29) is 11.9 Å². The molecule has 1 saturated heterocycles. The van der Waals surface area contributed by atoms with Crippen LogP contribution in [0.1, 0.15) is 44.3 Å². The van der Waals surface area contributed by atoms with Gasteiger partial charge in [-0.1, -0.05) is 23.5 Å². The van der Waals surface area contributed by atoms with Crippen molar-refractivity contribution in [3.63, 3.8) is 0 Å². The van der Waals surface area contributed by atoms with Gasteiger partial charge in [0.25, 0.3) is 0 Å². The number of carbonyl (C=O) groups excluding carboxylic acids is 1. The van der Waals surface area contributed by atoms with Gasteiger partial charge in [-0.05, 0) is 18.8 Å². The molecule has 0 aliphatic carbocycles. The number of piperidine rings is 1. The number of likely N-dealkylation sites (tertiary alicyclic amines) is 1. The average molecular weight is 336 g/mol. The highest BCUT2D eigenvalue weighted by molar-refractivity contribution is 7.10. The van der Waals surface area contributed by atoms with Crippen molar-refractivity contribution in [1.29, 1.82) is 0 Å². The lowest BCUT2D eigenvalue weighted by Crippen LogP contribution is -2.41. The maximum absolute atomic E-state index is 12.3. The van der Waals surface area contributed by atoms with Gasteiger partial charge in [0.2, 0.25) is 5.89 Å². The van der Waals surface area contributed by atoms with Crippen LogP contribution in [0.25, 0.3) is 0 Å². The molecule has 1 N–H and O–H groups in total. The molecule has 0 aromatic carbocycles. The molecule has 0 spiro atoms. The van der Waals surface area contributed by atoms with Gasteiger partial charge in [0.15, 0.2) is 5.82 Å². The quantitative estimate of drug-likeness (QED) is 0.921. The molecule has 0 radical (unpaired) electrons. The van der Waals surface area contributed by atoms with Crippen molar-refractivity contribution in [2.45, 2.75) is 39.0 Å². The van der Waals surface area contributed by atoms with Crippen LogP contribution in [-0.2, 0) is 6.42 Å². The van der Waals surface area contributed by atoms with E-state index in [0.29, 0.717) is 23.4 Å². The molecule has 0 unspecified atom stereocenters. The van der Waals surface area contributed by atoms with Crippen LogP contribution in [0.5, 0.6) is 0 Å². The molecule has 124 valence electrons. The van der Waals surface area contributed by atoms with Gasteiger partial charge in [0, 0.05) is 31.0 Å². The first-order chi connectivity index (χ1) is 11.1. The van der Waals surface area contributed by atoms with E-state index in [1.807, 2.05) is 0 Å². The summed E-state index contributed by atoms with van der Waals surface area (Å²) in [5.41, 5.74) is 0. The summed E-state index contributed by atoms with van der Waals surface area (Å²) in [7, 11) is 0. The monoisotopic (exact) mass is 336 g/mol. The number of urea groups is 1. The summed E-state index contributed by atoms with van der Waals surface area (Å²) in [6.45, 7) is 5.55. The molecule has 3 heterocycles. The third kappa shape index (κ3) is 4.04. The molecule has 1 atom stereocenters. The number of aromatic nitrogens is 4. The smallest absolute Gasteiger partial charge is 0.322 e. The fourth-order valence-corrected chi connectivity index (χ4v) is 3.06. The van der Waals surface area contributed by atoms with Gasteiger partial charge >= 0.3 is 6.03 Å². The number of nitrogens with zero attached hydrogens (tertiary/aromatic N) is 5. The van der Waals surface area contributed by atoms with Crippen molar-refractivity contribution < 1.29 is 9.32 Å². The Kier molecular flexibility index (Phi) is 4.85. The highest BCUT2D eigenvalue weighted by Crippen LogP contribution is 2.26. The minimum atomic E-state index is -0.136. The number of hydrogen-bond acceptors (Lipinski definition) is 7. The molecular weight excluding hydrogens is 316 g/mol. The van der Waals surface area contributed by atoms with Gasteiger partial charge in [0.1, 0.15) is 5.00 Å². The maximum atomic E-state index is 12.3. The first kappa shape index (κ1) is 15.9. The zero-order chi connectivity index (χ0) is 16.2. The Labute approximate surface area is 138 Å². The van der Waals surface area contributed by atoms with Crippen LogP contribution in [0.3, 0.4) is 0 Å². The molecule has 0 saturated carbocycles. The third-order valence-corrected chi connectivity index (χ3v) is 4.30. The van der Waals surface area contributed by atoms with Crippen molar-refractivity contribution in [2.24, 2.45) is 5.92 Å². The lowest BCUT2D eigenvalue weighted by molar-refractivity contribution is 0.184. The van der Waals surface area contributed by atoms with Crippen LogP contribution in [0.2, 0.25) is 0 Å². The number of amides is 2. The minimum absolute atomic E-state index is 0.0995. The van der Waals surface area contributed by atoms with E-state index in [9.17, 15) is 4.79 Å². The second-order valence-electron chi connectivity index (χ2n) is 6.14. The highest BCUT2D eigenvalue weighted by Gasteiger charge is 2.28. The molecule has 1 aliphatic heterocycles. The molecule has 9 heteroatoms. The Morgan fingerprint density at radius 2 is 2.43 bits per heavy atom. The number of carbonyl (C=O) groups is 1. The fraction of sp³-hybridized carbons (Fsp3) is 0.643. The third-order valence-electron chi connectivity index (χ3n) is 3.72. The standard InChI is InChI=1S/C14H20N6O2S/c1-9(2)6-11-16-13(22-18-11)10-4-3-5-20(8-10)14(21)17-12-7-15-19-23-12/h7,9-10H,3-6,8H2,1-2H3,(H,17,21)/t10-/m1/s1. The number of nitrogens with one attached hydrogen (secondary N) is 1. The molecule has 0 bridgehead atoms. The van der Waals surface area contributed by atoms with Gasteiger partial charge in [-0.2, -0.15) is 4.98 Å². The van der Waals surface area contributed by atoms with Crippen LogP contribution in [0.4, 0.5) is 9.80 Å². The Balaban J connectivity index is 1.61. The Morgan fingerprint density at radius 1 is 1.57 bits per heavy atom. The number of hydrogen-bond donors (Lipinski definition) is 1. The average Bonchev–Trinajstić information content (AvgIpc) is 3.18. The van der Waals surface area contributed by atoms with E-state index in [4.69, 9.17) is 4.52 Å². The van der Waals surface area contributed by atoms with E-state index in [2.05, 4.69) is 38.9 Å². The minimum Gasteiger partial charge on any atom is -0.339 e. The van der Waals surface area contributed by atoms with Crippen molar-refractivity contribution in [3.05, 3.63) is 17.9 Å². The van der Waals surface area contributed by atoms with Crippen LogP contribution in [0, 0.1) is 5.92 Å². The predicted molar refractivity (Wildman–Crippen MR) is 85.3 cm³/mol. The van der Waals surface area contributed by atoms with Crippen molar-refractivity contribution in [1.82, 2.24) is 24.6 Å². The first-order valence-electron chi connectivity index (χ1n) is 7.77. The number of rotatable bonds is 4. The Morgan fingerprint density at radius 3 is 3.17 bits per heavy atom. The summed E-state index contributed by atoms with van der Waals surface area (Å²) in [6.07, 6.45) is 4.22. The summed E-state index contributed by atoms with van der Waals surface area (Å²) >= 11 is 1.16. The van der Waals surface area contributed by atoms with E-state index < -0.39 is 0 Å². The van der Waals surface area contributed by atoms with Gasteiger partial charge in [-0.25, -0.2) is 4.79 Å². The van der Waals surface area contributed by atoms with Gasteiger partial charge in [0.05, 0.1) is 12.1 Å². The maximum Gasteiger partial charge on any atom is 0.322 e. The molecular formula is C14H20N6O2S. The summed E-state index contributed by atoms with van der Waals surface area (Å²) < 4.78 is 9.14. The van der Waals surface area contributed by atoms with Crippen molar-refractivity contribution in [2.75, 3.05) is 18.4 Å².